The van der Waals surface area contributed by atoms with Gasteiger partial charge in [-0.1, -0.05) is 0 Å². The molecule has 4 heteroatoms. The molecule has 0 atom stereocenters. The van der Waals surface area contributed by atoms with Crippen LogP contribution in [0.4, 0.5) is 0 Å². The second kappa shape index (κ2) is 119. The largest absolute Gasteiger partial charge is 4.00 e. The van der Waals surface area contributed by atoms with E-state index in [1.165, 1.54) is 0 Å². The Morgan fingerprint density at radius 1 is 0.600 bits per heavy atom. The van der Waals surface area contributed by atoms with Gasteiger partial charge in [-0.15, -0.1) is 0 Å². The van der Waals surface area contributed by atoms with E-state index >= 15 is 0 Å². The van der Waals surface area contributed by atoms with Crippen molar-refractivity contribution in [1.82, 2.24) is 0 Å². The molecule has 0 saturated carbocycles. The summed E-state index contributed by atoms with van der Waals surface area (Å²) in [5.74, 6) is 0. The van der Waals surface area contributed by atoms with Gasteiger partial charge in [-0.05, 0) is 0 Å². The molecule has 0 aliphatic rings. The molecule has 0 unspecified atom stereocenters. The molecule has 0 radical (unpaired) electrons. The fourth-order valence-corrected chi connectivity index (χ4v) is 0. The standard InChI is InChI=1S/CH3.Hf.3H2O/h1H3;;3*1H2/q-1;+4;;;/p-3. The van der Waals surface area contributed by atoms with Crippen LogP contribution in [-0.2, 0) is 25.8 Å². The Balaban J connectivity index is 0. The monoisotopic (exact) mass is 246 g/mol. The molecule has 0 saturated heterocycles. The van der Waals surface area contributed by atoms with Crippen LogP contribution in [-0.4, -0.2) is 16.4 Å². The molecule has 0 aliphatic heterocycles. The fraction of sp³-hybridized carbons (Fsp3) is 0. The Kier molecular flexibility index (Phi) is 5470. The van der Waals surface area contributed by atoms with Crippen LogP contribution in [0.3, 0.4) is 0 Å². The van der Waals surface area contributed by atoms with Crippen molar-refractivity contribution in [3.05, 3.63) is 7.43 Å². The second-order valence-electron chi connectivity index (χ2n) is 0. The Morgan fingerprint density at radius 2 is 0.600 bits per heavy atom. The Hall–Kier alpha value is 0.750. The zero-order valence-electron chi connectivity index (χ0n) is 2.84. The molecule has 0 rings (SSSR count). The maximum Gasteiger partial charge on any atom is 4.00 e. The number of hydrogen-bond donors (Lipinski definition) is 0. The molecule has 0 aromatic carbocycles. The molecule has 32 valence electrons. The minimum absolute atomic E-state index is 0. The summed E-state index contributed by atoms with van der Waals surface area (Å²) >= 11 is 0. The van der Waals surface area contributed by atoms with Crippen molar-refractivity contribution >= 4 is 0 Å². The van der Waals surface area contributed by atoms with E-state index in [4.69, 9.17) is 0 Å². The summed E-state index contributed by atoms with van der Waals surface area (Å²) in [6, 6.07) is 0. The van der Waals surface area contributed by atoms with Crippen LogP contribution in [0.1, 0.15) is 0 Å². The van der Waals surface area contributed by atoms with E-state index in [0.717, 1.165) is 0 Å². The summed E-state index contributed by atoms with van der Waals surface area (Å²) < 4.78 is 0. The third kappa shape index (κ3) is 63.8. The maximum atomic E-state index is 0. The van der Waals surface area contributed by atoms with Crippen LogP contribution >= 0.6 is 0 Å². The molecular weight excluding hydrogens is 238 g/mol. The smallest absolute Gasteiger partial charge is 0.870 e. The van der Waals surface area contributed by atoms with E-state index in [-0.39, 0.29) is 49.7 Å². The molecule has 0 heterocycles. The van der Waals surface area contributed by atoms with Crippen LogP contribution in [0.5, 0.6) is 0 Å². The zero-order chi connectivity index (χ0) is 0. The van der Waals surface area contributed by atoms with Gasteiger partial charge in [-0.2, -0.15) is 0 Å². The minimum Gasteiger partial charge on any atom is -0.870 e. The molecular formula is CH6HfO3. The average molecular weight is 245 g/mol. The van der Waals surface area contributed by atoms with Gasteiger partial charge in [-0.3, -0.25) is 0 Å². The maximum absolute atomic E-state index is 0. The van der Waals surface area contributed by atoms with Crippen LogP contribution < -0.4 is 0 Å². The average Bonchev–Trinajstić information content (AvgIpc) is 0. The molecule has 0 fully saturated rings. The van der Waals surface area contributed by atoms with Crippen molar-refractivity contribution in [2.45, 2.75) is 0 Å². The van der Waals surface area contributed by atoms with Crippen molar-refractivity contribution in [2.75, 3.05) is 0 Å². The first-order valence-electron chi connectivity index (χ1n) is 0. The van der Waals surface area contributed by atoms with Gasteiger partial charge in [0.05, 0.1) is 0 Å². The molecule has 0 aromatic rings. The Morgan fingerprint density at radius 3 is 0.600 bits per heavy atom. The topological polar surface area (TPSA) is 90.0 Å². The summed E-state index contributed by atoms with van der Waals surface area (Å²) in [6.07, 6.45) is 0. The van der Waals surface area contributed by atoms with Crippen LogP contribution in [0.25, 0.3) is 0 Å². The predicted octanol–water partition coefficient (Wildman–Crippen LogP) is -0.0826. The molecule has 0 aromatic heterocycles. The first kappa shape index (κ1) is 231. The van der Waals surface area contributed by atoms with Crippen LogP contribution in [0, 0.1) is 7.43 Å². The second-order valence-corrected chi connectivity index (χ2v) is 0. The third-order valence-corrected chi connectivity index (χ3v) is 0. The summed E-state index contributed by atoms with van der Waals surface area (Å²) in [5.41, 5.74) is 0. The SMILES string of the molecule is [CH3-].[Hf+4].[OH-].[OH-].[OH-]. The van der Waals surface area contributed by atoms with Crippen molar-refractivity contribution in [1.29, 1.82) is 0 Å². The normalized spacial score (nSPS) is 0. The molecule has 3 N–H and O–H groups in total. The summed E-state index contributed by atoms with van der Waals surface area (Å²) in [7, 11) is 0. The van der Waals surface area contributed by atoms with Gasteiger partial charge in [0, 0.05) is 0 Å². The van der Waals surface area contributed by atoms with E-state index in [2.05, 4.69) is 0 Å². The van der Waals surface area contributed by atoms with E-state index in [1.807, 2.05) is 0 Å². The first-order chi connectivity index (χ1) is 0. The van der Waals surface area contributed by atoms with Crippen LogP contribution in [0.15, 0.2) is 0 Å². The first-order valence-corrected chi connectivity index (χ1v) is 0. The zero-order valence-corrected chi connectivity index (χ0v) is 6.43. The number of hydrogen-bond acceptors (Lipinski definition) is 3. The van der Waals surface area contributed by atoms with E-state index in [0.29, 0.717) is 0 Å². The van der Waals surface area contributed by atoms with Gasteiger partial charge in [0.1, 0.15) is 0 Å². The summed E-state index contributed by atoms with van der Waals surface area (Å²) in [6.45, 7) is 0. The van der Waals surface area contributed by atoms with Crippen LogP contribution in [0.2, 0.25) is 0 Å². The quantitative estimate of drug-likeness (QED) is 0.441. The van der Waals surface area contributed by atoms with Gasteiger partial charge in [-0.25, -0.2) is 0 Å². The van der Waals surface area contributed by atoms with Gasteiger partial charge in [0.2, 0.25) is 0 Å². The molecule has 0 spiro atoms. The van der Waals surface area contributed by atoms with Crippen molar-refractivity contribution in [2.24, 2.45) is 0 Å². The van der Waals surface area contributed by atoms with Crippen molar-refractivity contribution in [3.8, 4) is 0 Å². The number of rotatable bonds is 0. The molecule has 0 aliphatic carbocycles. The summed E-state index contributed by atoms with van der Waals surface area (Å²) in [4.78, 5) is 0. The molecule has 0 amide bonds. The van der Waals surface area contributed by atoms with Gasteiger partial charge >= 0.3 is 25.8 Å². The fourth-order valence-electron chi connectivity index (χ4n) is 0. The Labute approximate surface area is 50.1 Å². The summed E-state index contributed by atoms with van der Waals surface area (Å²) in [5, 5.41) is 0. The van der Waals surface area contributed by atoms with E-state index in [9.17, 15) is 0 Å². The van der Waals surface area contributed by atoms with E-state index < -0.39 is 0 Å². The predicted molar refractivity (Wildman–Crippen MR) is 12.2 cm³/mol. The van der Waals surface area contributed by atoms with E-state index in [1.54, 1.807) is 0 Å². The van der Waals surface area contributed by atoms with Gasteiger partial charge in [0.25, 0.3) is 0 Å². The van der Waals surface area contributed by atoms with Gasteiger partial charge < -0.3 is 23.9 Å². The minimum atomic E-state index is 0. The molecule has 3 nitrogen and oxygen atoms in total. The van der Waals surface area contributed by atoms with Crippen molar-refractivity contribution in [3.63, 3.8) is 0 Å². The van der Waals surface area contributed by atoms with Gasteiger partial charge in [0.15, 0.2) is 0 Å². The Bertz CT molecular complexity index is 6.85. The van der Waals surface area contributed by atoms with Crippen molar-refractivity contribution < 1.29 is 42.3 Å². The molecule has 5 heavy (non-hydrogen) atoms. The molecule has 0 bridgehead atoms. The third-order valence-electron chi connectivity index (χ3n) is 0.